The van der Waals surface area contributed by atoms with Crippen LogP contribution >= 0.6 is 34.2 Å². The molecule has 19 heavy (non-hydrogen) atoms. The van der Waals surface area contributed by atoms with Gasteiger partial charge in [-0.3, -0.25) is 0 Å². The number of hydrogen-bond acceptors (Lipinski definition) is 6. The Hall–Kier alpha value is -1.63. The van der Waals surface area contributed by atoms with E-state index in [1.165, 1.54) is 16.2 Å². The van der Waals surface area contributed by atoms with Crippen LogP contribution in [0.4, 0.5) is 0 Å². The molecule has 0 atom stereocenters. The van der Waals surface area contributed by atoms with Crippen molar-refractivity contribution in [3.05, 3.63) is 41.2 Å². The van der Waals surface area contributed by atoms with E-state index in [-0.39, 0.29) is 0 Å². The molecule has 0 saturated heterocycles. The second-order valence-electron chi connectivity index (χ2n) is 3.90. The quantitative estimate of drug-likeness (QED) is 0.545. The molecular formula is C13H7N3S3. The second kappa shape index (κ2) is 4.48. The Morgan fingerprint density at radius 1 is 1.05 bits per heavy atom. The van der Waals surface area contributed by atoms with Gasteiger partial charge in [-0.1, -0.05) is 12.1 Å². The van der Waals surface area contributed by atoms with Gasteiger partial charge in [0.1, 0.15) is 10.7 Å². The lowest BCUT2D eigenvalue weighted by atomic mass is 10.3. The minimum absolute atomic E-state index is 0.942. The topological polar surface area (TPSA) is 38.7 Å². The van der Waals surface area contributed by atoms with Crippen LogP contribution < -0.4 is 0 Å². The van der Waals surface area contributed by atoms with Crippen molar-refractivity contribution in [2.75, 3.05) is 0 Å². The van der Waals surface area contributed by atoms with Gasteiger partial charge >= 0.3 is 0 Å². The number of thiazole rings is 2. The van der Waals surface area contributed by atoms with Crippen molar-refractivity contribution in [2.45, 2.75) is 0 Å². The van der Waals surface area contributed by atoms with Gasteiger partial charge in [0.05, 0.1) is 26.3 Å². The first-order valence-electron chi connectivity index (χ1n) is 5.62. The smallest absolute Gasteiger partial charge is 0.144 e. The van der Waals surface area contributed by atoms with Crippen LogP contribution in [-0.2, 0) is 0 Å². The Morgan fingerprint density at radius 2 is 2.00 bits per heavy atom. The van der Waals surface area contributed by atoms with Gasteiger partial charge in [0, 0.05) is 5.38 Å². The number of aromatic nitrogens is 3. The van der Waals surface area contributed by atoms with Gasteiger partial charge in [-0.15, -0.1) is 22.7 Å². The normalized spacial score (nSPS) is 11.2. The Morgan fingerprint density at radius 3 is 2.84 bits per heavy atom. The number of hydrogen-bond donors (Lipinski definition) is 0. The highest BCUT2D eigenvalue weighted by Gasteiger charge is 2.16. The molecule has 0 saturated carbocycles. The van der Waals surface area contributed by atoms with Gasteiger partial charge in [-0.25, -0.2) is 9.97 Å². The van der Waals surface area contributed by atoms with E-state index in [9.17, 15) is 0 Å². The molecule has 0 spiro atoms. The van der Waals surface area contributed by atoms with Crippen molar-refractivity contribution in [3.63, 3.8) is 0 Å². The summed E-state index contributed by atoms with van der Waals surface area (Å²) in [5.41, 5.74) is 4.81. The maximum atomic E-state index is 4.66. The number of para-hydroxylation sites is 1. The van der Waals surface area contributed by atoms with E-state index in [0.717, 1.165) is 26.8 Å². The molecule has 6 heteroatoms. The molecule has 0 amide bonds. The van der Waals surface area contributed by atoms with Crippen LogP contribution in [0.1, 0.15) is 0 Å². The molecule has 0 aliphatic heterocycles. The van der Waals surface area contributed by atoms with Gasteiger partial charge in [-0.2, -0.15) is 4.37 Å². The van der Waals surface area contributed by atoms with E-state index in [2.05, 4.69) is 20.4 Å². The summed E-state index contributed by atoms with van der Waals surface area (Å²) < 4.78 is 5.58. The second-order valence-corrected chi connectivity index (χ2v) is 6.45. The average Bonchev–Trinajstić information content (AvgIpc) is 3.17. The van der Waals surface area contributed by atoms with Crippen LogP contribution in [0.2, 0.25) is 0 Å². The monoisotopic (exact) mass is 301 g/mol. The highest BCUT2D eigenvalue weighted by Crippen LogP contribution is 2.37. The van der Waals surface area contributed by atoms with E-state index in [0.29, 0.717) is 0 Å². The first kappa shape index (κ1) is 11.2. The Kier molecular flexibility index (Phi) is 2.65. The highest BCUT2D eigenvalue weighted by molar-refractivity contribution is 7.22. The van der Waals surface area contributed by atoms with Crippen molar-refractivity contribution in [1.29, 1.82) is 0 Å². The lowest BCUT2D eigenvalue weighted by molar-refractivity contribution is 1.37. The van der Waals surface area contributed by atoms with Crippen molar-refractivity contribution in [2.24, 2.45) is 0 Å². The third-order valence-corrected chi connectivity index (χ3v) is 5.19. The van der Waals surface area contributed by atoms with Crippen molar-refractivity contribution in [3.8, 4) is 21.3 Å². The highest BCUT2D eigenvalue weighted by atomic mass is 32.1. The Balaban J connectivity index is 1.91. The summed E-state index contributed by atoms with van der Waals surface area (Å²) in [5, 5.41) is 2.95. The van der Waals surface area contributed by atoms with Gasteiger partial charge in [0.15, 0.2) is 0 Å². The van der Waals surface area contributed by atoms with Crippen molar-refractivity contribution in [1.82, 2.24) is 14.3 Å². The van der Waals surface area contributed by atoms with Gasteiger partial charge < -0.3 is 0 Å². The molecule has 0 bridgehead atoms. The third kappa shape index (κ3) is 1.88. The van der Waals surface area contributed by atoms with E-state index < -0.39 is 0 Å². The molecule has 4 rings (SSSR count). The van der Waals surface area contributed by atoms with Gasteiger partial charge in [0.25, 0.3) is 0 Å². The molecule has 0 N–H and O–H groups in total. The minimum Gasteiger partial charge on any atom is -0.241 e. The van der Waals surface area contributed by atoms with Crippen LogP contribution in [0.5, 0.6) is 0 Å². The summed E-state index contributed by atoms with van der Waals surface area (Å²) in [6.45, 7) is 0. The molecule has 0 aliphatic rings. The number of fused-ring (bicyclic) bond motifs is 1. The lowest BCUT2D eigenvalue weighted by Crippen LogP contribution is -1.80. The number of nitrogens with zero attached hydrogens (tertiary/aromatic N) is 3. The fourth-order valence-corrected chi connectivity index (χ4v) is 4.25. The van der Waals surface area contributed by atoms with Crippen LogP contribution in [0.25, 0.3) is 31.5 Å². The third-order valence-electron chi connectivity index (χ3n) is 2.73. The van der Waals surface area contributed by atoms with Crippen LogP contribution in [-0.4, -0.2) is 14.3 Å². The van der Waals surface area contributed by atoms with E-state index >= 15 is 0 Å². The van der Waals surface area contributed by atoms with Crippen molar-refractivity contribution < 1.29 is 0 Å². The molecule has 0 aliphatic carbocycles. The summed E-state index contributed by atoms with van der Waals surface area (Å²) in [7, 11) is 0. The predicted octanol–water partition coefficient (Wildman–Crippen LogP) is 4.54. The van der Waals surface area contributed by atoms with E-state index in [4.69, 9.17) is 0 Å². The zero-order valence-corrected chi connectivity index (χ0v) is 12.1. The summed E-state index contributed by atoms with van der Waals surface area (Å²) in [4.78, 5) is 10.2. The van der Waals surface area contributed by atoms with E-state index in [1.54, 1.807) is 22.7 Å². The molecule has 1 aromatic carbocycles. The maximum Gasteiger partial charge on any atom is 0.144 e. The summed E-state index contributed by atoms with van der Waals surface area (Å²) >= 11 is 4.75. The van der Waals surface area contributed by atoms with Crippen LogP contribution in [0.3, 0.4) is 0 Å². The molecule has 92 valence electrons. The SMILES string of the molecule is c1ccc2sc(-c3ncsc3-c3ccsn3)nc2c1. The molecule has 3 aromatic heterocycles. The zero-order chi connectivity index (χ0) is 12.7. The minimum atomic E-state index is 0.942. The summed E-state index contributed by atoms with van der Waals surface area (Å²) in [6, 6.07) is 10.2. The molecule has 0 radical (unpaired) electrons. The van der Waals surface area contributed by atoms with E-state index in [1.807, 2.05) is 35.2 Å². The molecular weight excluding hydrogens is 294 g/mol. The molecule has 3 heterocycles. The molecule has 4 aromatic rings. The van der Waals surface area contributed by atoms with Crippen LogP contribution in [0.15, 0.2) is 41.2 Å². The largest absolute Gasteiger partial charge is 0.241 e. The standard InChI is InChI=1S/C13H7N3S3/c1-2-4-10-8(3-1)15-13(19-10)11-12(17-7-14-11)9-5-6-18-16-9/h1-7H. The van der Waals surface area contributed by atoms with Crippen LogP contribution in [0, 0.1) is 0 Å². The summed E-state index contributed by atoms with van der Waals surface area (Å²) in [5.74, 6) is 0. The molecule has 3 nitrogen and oxygen atoms in total. The zero-order valence-electron chi connectivity index (χ0n) is 9.61. The summed E-state index contributed by atoms with van der Waals surface area (Å²) in [6.07, 6.45) is 0. The Bertz CT molecular complexity index is 797. The average molecular weight is 301 g/mol. The fraction of sp³-hybridized carbons (Fsp3) is 0. The maximum absolute atomic E-state index is 4.66. The first-order chi connectivity index (χ1) is 9.42. The number of rotatable bonds is 2. The fourth-order valence-electron chi connectivity index (χ4n) is 1.88. The van der Waals surface area contributed by atoms with Crippen molar-refractivity contribution >= 4 is 44.4 Å². The number of benzene rings is 1. The molecule has 0 fully saturated rings. The predicted molar refractivity (Wildman–Crippen MR) is 81.8 cm³/mol. The van der Waals surface area contributed by atoms with Gasteiger partial charge in [-0.05, 0) is 29.7 Å². The molecule has 0 unspecified atom stereocenters. The van der Waals surface area contributed by atoms with Gasteiger partial charge in [0.2, 0.25) is 0 Å². The first-order valence-corrected chi connectivity index (χ1v) is 8.15. The lowest BCUT2D eigenvalue weighted by Gasteiger charge is -1.94. The Labute approximate surface area is 121 Å².